The van der Waals surface area contributed by atoms with E-state index in [1.54, 1.807) is 13.3 Å². The number of piperidine rings is 1. The molecule has 0 saturated carbocycles. The fraction of sp³-hybridized carbons (Fsp3) is 0.519. The van der Waals surface area contributed by atoms with Gasteiger partial charge in [-0.1, -0.05) is 12.1 Å². The van der Waals surface area contributed by atoms with Crippen LogP contribution in [0.5, 0.6) is 0 Å². The van der Waals surface area contributed by atoms with Crippen molar-refractivity contribution in [1.82, 2.24) is 34.0 Å². The molecule has 1 spiro atoms. The number of carbonyl (C=O) groups is 1. The number of amides is 1. The van der Waals surface area contributed by atoms with E-state index in [-0.39, 0.29) is 24.0 Å². The standard InChI is InChI=1S/C27H34N8O3/c1-18-32-19-5-3-4-6-20(19)34(18)10-7-22(36)33-11-8-27(9-12-33)13-21(26(2,37)14-38-15-27)35-17-31-23-24(28)29-16-30-25(23)35/h3-6,16-17,21,37H,7-15H2,1-2H3,(H2,28,29,30)/t21-,26-/m1/s1. The Morgan fingerprint density at radius 1 is 1.18 bits per heavy atom. The summed E-state index contributed by atoms with van der Waals surface area (Å²) in [5.74, 6) is 1.39. The highest BCUT2D eigenvalue weighted by Gasteiger charge is 2.47. The van der Waals surface area contributed by atoms with Crippen molar-refractivity contribution in [2.45, 2.75) is 57.7 Å². The van der Waals surface area contributed by atoms with E-state index in [0.29, 0.717) is 56.1 Å². The normalized spacial score (nSPS) is 23.8. The Hall–Kier alpha value is -3.57. The number of nitrogens with zero attached hydrogens (tertiary/aromatic N) is 7. The fourth-order valence-corrected chi connectivity index (χ4v) is 6.18. The number of aryl methyl sites for hydroxylation is 2. The molecule has 2 aliphatic rings. The maximum Gasteiger partial charge on any atom is 0.224 e. The number of aromatic nitrogens is 6. The van der Waals surface area contributed by atoms with Crippen LogP contribution in [-0.2, 0) is 16.1 Å². The molecular weight excluding hydrogens is 484 g/mol. The van der Waals surface area contributed by atoms with Crippen LogP contribution in [-0.4, -0.2) is 76.9 Å². The molecule has 200 valence electrons. The molecule has 11 nitrogen and oxygen atoms in total. The van der Waals surface area contributed by atoms with E-state index in [0.717, 1.165) is 29.7 Å². The third kappa shape index (κ3) is 4.29. The van der Waals surface area contributed by atoms with Crippen LogP contribution in [0.2, 0.25) is 0 Å². The number of benzene rings is 1. The molecule has 2 atom stereocenters. The van der Waals surface area contributed by atoms with E-state index in [4.69, 9.17) is 10.5 Å². The summed E-state index contributed by atoms with van der Waals surface area (Å²) in [6.07, 6.45) is 5.85. The van der Waals surface area contributed by atoms with Crippen molar-refractivity contribution in [1.29, 1.82) is 0 Å². The van der Waals surface area contributed by atoms with E-state index in [9.17, 15) is 9.90 Å². The number of hydrogen-bond donors (Lipinski definition) is 2. The molecule has 0 radical (unpaired) electrons. The number of rotatable bonds is 4. The van der Waals surface area contributed by atoms with Gasteiger partial charge in [0.05, 0.1) is 36.6 Å². The lowest BCUT2D eigenvalue weighted by atomic mass is 9.72. The second-order valence-electron chi connectivity index (χ2n) is 11.1. The van der Waals surface area contributed by atoms with Crippen LogP contribution in [0.25, 0.3) is 22.2 Å². The maximum absolute atomic E-state index is 13.2. The molecule has 11 heteroatoms. The number of fused-ring (bicyclic) bond motifs is 2. The van der Waals surface area contributed by atoms with Crippen LogP contribution >= 0.6 is 0 Å². The molecule has 3 N–H and O–H groups in total. The van der Waals surface area contributed by atoms with Crippen LogP contribution in [0.3, 0.4) is 0 Å². The van der Waals surface area contributed by atoms with Crippen LogP contribution in [0.4, 0.5) is 5.82 Å². The SMILES string of the molecule is Cc1nc2ccccc2n1CCC(=O)N1CCC2(CC1)COC[C@@](C)(O)[C@H](n1cnc3c(N)ncnc31)C2. The summed E-state index contributed by atoms with van der Waals surface area (Å²) in [5.41, 5.74) is 7.89. The number of anilines is 1. The second-order valence-corrected chi connectivity index (χ2v) is 11.1. The summed E-state index contributed by atoms with van der Waals surface area (Å²) in [6.45, 7) is 6.48. The van der Waals surface area contributed by atoms with Gasteiger partial charge in [-0.15, -0.1) is 0 Å². The van der Waals surface area contributed by atoms with Gasteiger partial charge < -0.3 is 29.6 Å². The number of nitrogen functional groups attached to an aromatic ring is 1. The zero-order valence-electron chi connectivity index (χ0n) is 21.9. The maximum atomic E-state index is 13.2. The molecular formula is C27H34N8O3. The highest BCUT2D eigenvalue weighted by atomic mass is 16.5. The first-order valence-electron chi connectivity index (χ1n) is 13.2. The van der Waals surface area contributed by atoms with Gasteiger partial charge in [-0.3, -0.25) is 4.79 Å². The minimum atomic E-state index is -1.12. The Bertz CT molecular complexity index is 1480. The number of hydrogen-bond acceptors (Lipinski definition) is 8. The van der Waals surface area contributed by atoms with E-state index >= 15 is 0 Å². The fourth-order valence-electron chi connectivity index (χ4n) is 6.18. The predicted octanol–water partition coefficient (Wildman–Crippen LogP) is 2.48. The Morgan fingerprint density at radius 3 is 2.79 bits per heavy atom. The number of carbonyl (C=O) groups excluding carboxylic acids is 1. The first-order valence-corrected chi connectivity index (χ1v) is 13.2. The lowest BCUT2D eigenvalue weighted by Gasteiger charge is -2.43. The van der Waals surface area contributed by atoms with Gasteiger partial charge in [0.15, 0.2) is 11.5 Å². The molecule has 2 fully saturated rings. The van der Waals surface area contributed by atoms with Gasteiger partial charge in [0.2, 0.25) is 5.91 Å². The number of nitrogens with two attached hydrogens (primary N) is 1. The van der Waals surface area contributed by atoms with Crippen molar-refractivity contribution in [2.75, 3.05) is 32.0 Å². The second kappa shape index (κ2) is 9.32. The average molecular weight is 519 g/mol. The molecule has 3 aromatic heterocycles. The summed E-state index contributed by atoms with van der Waals surface area (Å²) in [7, 11) is 0. The molecule has 4 aromatic rings. The van der Waals surface area contributed by atoms with Gasteiger partial charge >= 0.3 is 0 Å². The molecule has 0 unspecified atom stereocenters. The van der Waals surface area contributed by atoms with Crippen LogP contribution in [0.15, 0.2) is 36.9 Å². The average Bonchev–Trinajstić information content (AvgIpc) is 3.44. The highest BCUT2D eigenvalue weighted by molar-refractivity contribution is 5.81. The zero-order valence-corrected chi connectivity index (χ0v) is 21.9. The lowest BCUT2D eigenvalue weighted by molar-refractivity contribution is -0.134. The van der Waals surface area contributed by atoms with Crippen molar-refractivity contribution < 1.29 is 14.6 Å². The monoisotopic (exact) mass is 518 g/mol. The Labute approximate surface area is 220 Å². The van der Waals surface area contributed by atoms with Crippen molar-refractivity contribution in [3.63, 3.8) is 0 Å². The molecule has 0 bridgehead atoms. The summed E-state index contributed by atoms with van der Waals surface area (Å²) < 4.78 is 10.1. The largest absolute Gasteiger partial charge is 0.386 e. The molecule has 2 aliphatic heterocycles. The number of para-hydroxylation sites is 2. The first-order chi connectivity index (χ1) is 18.3. The van der Waals surface area contributed by atoms with Gasteiger partial charge in [-0.05, 0) is 50.7 Å². The highest BCUT2D eigenvalue weighted by Crippen LogP contribution is 2.46. The van der Waals surface area contributed by atoms with Gasteiger partial charge in [0.1, 0.15) is 23.3 Å². The minimum absolute atomic E-state index is 0.155. The molecule has 1 aromatic carbocycles. The summed E-state index contributed by atoms with van der Waals surface area (Å²) in [6, 6.07) is 7.72. The Morgan fingerprint density at radius 2 is 1.97 bits per heavy atom. The van der Waals surface area contributed by atoms with Crippen molar-refractivity contribution in [2.24, 2.45) is 5.41 Å². The van der Waals surface area contributed by atoms with Crippen LogP contribution < -0.4 is 5.73 Å². The number of aliphatic hydroxyl groups is 1. The number of ether oxygens (including phenoxy) is 1. The molecule has 6 rings (SSSR count). The molecule has 0 aliphatic carbocycles. The predicted molar refractivity (Wildman–Crippen MR) is 142 cm³/mol. The van der Waals surface area contributed by atoms with Gasteiger partial charge in [-0.25, -0.2) is 19.9 Å². The van der Waals surface area contributed by atoms with Gasteiger partial charge in [0, 0.05) is 26.1 Å². The smallest absolute Gasteiger partial charge is 0.224 e. The van der Waals surface area contributed by atoms with E-state index in [2.05, 4.69) is 24.5 Å². The zero-order chi connectivity index (χ0) is 26.5. The van der Waals surface area contributed by atoms with Gasteiger partial charge in [0.25, 0.3) is 0 Å². The third-order valence-electron chi connectivity index (χ3n) is 8.44. The molecule has 38 heavy (non-hydrogen) atoms. The van der Waals surface area contributed by atoms with E-state index < -0.39 is 5.60 Å². The minimum Gasteiger partial charge on any atom is -0.386 e. The van der Waals surface area contributed by atoms with Crippen molar-refractivity contribution >= 4 is 33.9 Å². The molecule has 5 heterocycles. The number of imidazole rings is 2. The first kappa shape index (κ1) is 24.7. The van der Waals surface area contributed by atoms with E-state index in [1.807, 2.05) is 40.7 Å². The third-order valence-corrected chi connectivity index (χ3v) is 8.44. The van der Waals surface area contributed by atoms with E-state index in [1.165, 1.54) is 6.33 Å². The van der Waals surface area contributed by atoms with Crippen LogP contribution in [0, 0.1) is 12.3 Å². The number of likely N-dealkylation sites (tertiary alicyclic amines) is 1. The Balaban J connectivity index is 1.16. The molecule has 1 amide bonds. The summed E-state index contributed by atoms with van der Waals surface area (Å²) >= 11 is 0. The van der Waals surface area contributed by atoms with Crippen molar-refractivity contribution in [3.05, 3.63) is 42.7 Å². The quantitative estimate of drug-likeness (QED) is 0.420. The van der Waals surface area contributed by atoms with Gasteiger partial charge in [-0.2, -0.15) is 0 Å². The Kier molecular flexibility index (Phi) is 6.07. The van der Waals surface area contributed by atoms with Crippen molar-refractivity contribution in [3.8, 4) is 0 Å². The summed E-state index contributed by atoms with van der Waals surface area (Å²) in [4.78, 5) is 32.7. The topological polar surface area (TPSA) is 137 Å². The summed E-state index contributed by atoms with van der Waals surface area (Å²) in [5, 5.41) is 11.4. The van der Waals surface area contributed by atoms with Crippen LogP contribution in [0.1, 0.15) is 44.5 Å². The molecule has 2 saturated heterocycles. The lowest BCUT2D eigenvalue weighted by Crippen LogP contribution is -2.46.